The summed E-state index contributed by atoms with van der Waals surface area (Å²) in [6.07, 6.45) is 0.236. The van der Waals surface area contributed by atoms with Crippen LogP contribution in [0.15, 0.2) is 59.5 Å². The van der Waals surface area contributed by atoms with E-state index in [9.17, 15) is 10.1 Å². The Morgan fingerprint density at radius 1 is 1.15 bits per heavy atom. The number of thioether (sulfide) groups is 1. The average Bonchev–Trinajstić information content (AvgIpc) is 2.48. The summed E-state index contributed by atoms with van der Waals surface area (Å²) < 4.78 is 0. The molecule has 0 saturated carbocycles. The number of rotatable bonds is 4. The van der Waals surface area contributed by atoms with Gasteiger partial charge in [-0.25, -0.2) is 0 Å². The van der Waals surface area contributed by atoms with Crippen LogP contribution in [0.2, 0.25) is 0 Å². The highest BCUT2D eigenvalue weighted by atomic mass is 32.2. The Balaban J connectivity index is 2.04. The van der Waals surface area contributed by atoms with Gasteiger partial charge in [0.2, 0.25) is 0 Å². The lowest BCUT2D eigenvalue weighted by Crippen LogP contribution is -2.02. The first-order valence-corrected chi connectivity index (χ1v) is 7.23. The Bertz CT molecular complexity index is 631. The summed E-state index contributed by atoms with van der Waals surface area (Å²) in [5, 5.41) is 9.26. The van der Waals surface area contributed by atoms with E-state index in [1.54, 1.807) is 0 Å². The molecule has 1 atom stereocenters. The number of hydrogen-bond donors (Lipinski definition) is 0. The molecule has 0 aromatic heterocycles. The van der Waals surface area contributed by atoms with Gasteiger partial charge in [0.1, 0.15) is 0 Å². The van der Waals surface area contributed by atoms with E-state index < -0.39 is 0 Å². The highest BCUT2D eigenvalue weighted by molar-refractivity contribution is 8.13. The molecular weight excluding hydrogens is 266 g/mol. The quantitative estimate of drug-likeness (QED) is 0.784. The second-order valence-corrected chi connectivity index (χ2v) is 5.64. The lowest BCUT2D eigenvalue weighted by molar-refractivity contribution is -0.111. The third-order valence-electron chi connectivity index (χ3n) is 3.05. The van der Waals surface area contributed by atoms with Gasteiger partial charge in [0.05, 0.1) is 12.0 Å². The maximum atomic E-state index is 12.1. The number of nitriles is 1. The van der Waals surface area contributed by atoms with Gasteiger partial charge >= 0.3 is 0 Å². The number of aryl methyl sites for hydroxylation is 1. The van der Waals surface area contributed by atoms with Crippen LogP contribution in [0.4, 0.5) is 0 Å². The van der Waals surface area contributed by atoms with Gasteiger partial charge in [0, 0.05) is 11.3 Å². The van der Waals surface area contributed by atoms with Crippen LogP contribution in [0.3, 0.4) is 0 Å². The molecule has 0 saturated heterocycles. The predicted molar refractivity (Wildman–Crippen MR) is 81.5 cm³/mol. The molecule has 0 aliphatic heterocycles. The van der Waals surface area contributed by atoms with E-state index in [4.69, 9.17) is 0 Å². The van der Waals surface area contributed by atoms with Crippen molar-refractivity contribution < 1.29 is 4.79 Å². The maximum absolute atomic E-state index is 12.1. The van der Waals surface area contributed by atoms with Crippen molar-refractivity contribution >= 4 is 16.9 Å². The van der Waals surface area contributed by atoms with Gasteiger partial charge in [0.25, 0.3) is 0 Å². The molecule has 100 valence electrons. The summed E-state index contributed by atoms with van der Waals surface area (Å²) in [4.78, 5) is 13.1. The zero-order valence-electron chi connectivity index (χ0n) is 11.2. The largest absolute Gasteiger partial charge is 0.287 e. The van der Waals surface area contributed by atoms with Crippen molar-refractivity contribution in [2.75, 3.05) is 0 Å². The number of hydrogen-bond acceptors (Lipinski definition) is 3. The molecule has 2 aromatic rings. The first kappa shape index (κ1) is 14.4. The molecule has 0 fully saturated rings. The van der Waals surface area contributed by atoms with Crippen molar-refractivity contribution in [3.63, 3.8) is 0 Å². The standard InChI is InChI=1S/C17H15NOS/c1-13-7-5-6-10-16(13)20-17(19)11-15(12-18)14-8-3-2-4-9-14/h2-10,15H,11H2,1H3/t15-/m0/s1. The van der Waals surface area contributed by atoms with E-state index in [-0.39, 0.29) is 17.5 Å². The summed E-state index contributed by atoms with van der Waals surface area (Å²) in [7, 11) is 0. The summed E-state index contributed by atoms with van der Waals surface area (Å²) in [6, 6.07) is 19.5. The first-order chi connectivity index (χ1) is 9.70. The Morgan fingerprint density at radius 2 is 1.80 bits per heavy atom. The van der Waals surface area contributed by atoms with Gasteiger partial charge in [-0.05, 0) is 24.1 Å². The lowest BCUT2D eigenvalue weighted by atomic mass is 9.98. The molecule has 3 heteroatoms. The Hall–Kier alpha value is -2.05. The van der Waals surface area contributed by atoms with Crippen molar-refractivity contribution in [2.45, 2.75) is 24.2 Å². The smallest absolute Gasteiger partial charge is 0.195 e. The zero-order chi connectivity index (χ0) is 14.4. The number of carbonyl (C=O) groups excluding carboxylic acids is 1. The second kappa shape index (κ2) is 6.93. The van der Waals surface area contributed by atoms with Gasteiger partial charge < -0.3 is 0 Å². The summed E-state index contributed by atoms with van der Waals surface area (Å²) in [6.45, 7) is 1.98. The zero-order valence-corrected chi connectivity index (χ0v) is 12.1. The normalized spacial score (nSPS) is 11.6. The molecule has 20 heavy (non-hydrogen) atoms. The molecule has 0 aliphatic carbocycles. The number of carbonyl (C=O) groups is 1. The van der Waals surface area contributed by atoms with Gasteiger partial charge in [0.15, 0.2) is 5.12 Å². The average molecular weight is 281 g/mol. The van der Waals surface area contributed by atoms with E-state index in [1.165, 1.54) is 11.8 Å². The van der Waals surface area contributed by atoms with E-state index in [0.717, 1.165) is 16.0 Å². The SMILES string of the molecule is Cc1ccccc1SC(=O)C[C@@H](C#N)c1ccccc1. The Kier molecular flexibility index (Phi) is 4.97. The van der Waals surface area contributed by atoms with Crippen LogP contribution in [0.5, 0.6) is 0 Å². The molecule has 0 radical (unpaired) electrons. The van der Waals surface area contributed by atoms with Crippen LogP contribution in [0, 0.1) is 18.3 Å². The van der Waals surface area contributed by atoms with Crippen molar-refractivity contribution in [3.05, 3.63) is 65.7 Å². The third kappa shape index (κ3) is 3.72. The maximum Gasteiger partial charge on any atom is 0.195 e. The monoisotopic (exact) mass is 281 g/mol. The second-order valence-electron chi connectivity index (χ2n) is 4.54. The number of nitrogens with zero attached hydrogens (tertiary/aromatic N) is 1. The first-order valence-electron chi connectivity index (χ1n) is 6.41. The number of benzene rings is 2. The van der Waals surface area contributed by atoms with Crippen molar-refractivity contribution in [1.29, 1.82) is 5.26 Å². The Labute approximate surface area is 123 Å². The van der Waals surface area contributed by atoms with Crippen LogP contribution < -0.4 is 0 Å². The molecular formula is C17H15NOS. The predicted octanol–water partition coefficient (Wildman–Crippen LogP) is 4.31. The minimum absolute atomic E-state index is 0.0229. The fourth-order valence-electron chi connectivity index (χ4n) is 1.93. The highest BCUT2D eigenvalue weighted by Gasteiger charge is 2.16. The summed E-state index contributed by atoms with van der Waals surface area (Å²) >= 11 is 1.22. The van der Waals surface area contributed by atoms with E-state index in [0.29, 0.717) is 0 Å². The fourth-order valence-corrected chi connectivity index (χ4v) is 2.80. The van der Waals surface area contributed by atoms with Gasteiger partial charge in [-0.2, -0.15) is 5.26 Å². The van der Waals surface area contributed by atoms with Crippen molar-refractivity contribution in [3.8, 4) is 6.07 Å². The van der Waals surface area contributed by atoms with Crippen molar-refractivity contribution in [2.24, 2.45) is 0 Å². The molecule has 2 rings (SSSR count). The van der Waals surface area contributed by atoms with Crippen molar-refractivity contribution in [1.82, 2.24) is 0 Å². The topological polar surface area (TPSA) is 40.9 Å². The molecule has 0 aliphatic rings. The molecule has 2 nitrogen and oxygen atoms in total. The van der Waals surface area contributed by atoms with E-state index in [1.807, 2.05) is 61.5 Å². The fraction of sp³-hybridized carbons (Fsp3) is 0.176. The van der Waals surface area contributed by atoms with E-state index >= 15 is 0 Å². The van der Waals surface area contributed by atoms with Gasteiger partial charge in [-0.15, -0.1) is 0 Å². The molecule has 0 N–H and O–H groups in total. The molecule has 2 aromatic carbocycles. The third-order valence-corrected chi connectivity index (χ3v) is 4.12. The summed E-state index contributed by atoms with van der Waals surface area (Å²) in [5.74, 6) is -0.375. The molecule has 0 heterocycles. The minimum Gasteiger partial charge on any atom is -0.287 e. The van der Waals surface area contributed by atoms with Crippen LogP contribution in [0.1, 0.15) is 23.5 Å². The highest BCUT2D eigenvalue weighted by Crippen LogP contribution is 2.28. The van der Waals surface area contributed by atoms with Gasteiger partial charge in [-0.1, -0.05) is 60.3 Å². The van der Waals surface area contributed by atoms with Gasteiger partial charge in [-0.3, -0.25) is 4.79 Å². The van der Waals surface area contributed by atoms with Crippen LogP contribution in [0.25, 0.3) is 0 Å². The lowest BCUT2D eigenvalue weighted by Gasteiger charge is -2.09. The summed E-state index contributed by atoms with van der Waals surface area (Å²) in [5.41, 5.74) is 1.98. The minimum atomic E-state index is -0.375. The molecule has 0 unspecified atom stereocenters. The van der Waals surface area contributed by atoms with Crippen LogP contribution >= 0.6 is 11.8 Å². The van der Waals surface area contributed by atoms with E-state index in [2.05, 4.69) is 6.07 Å². The Morgan fingerprint density at radius 3 is 2.45 bits per heavy atom. The molecule has 0 spiro atoms. The molecule has 0 amide bonds. The molecule has 0 bridgehead atoms. The van der Waals surface area contributed by atoms with Crippen LogP contribution in [-0.2, 0) is 4.79 Å². The van der Waals surface area contributed by atoms with Crippen LogP contribution in [-0.4, -0.2) is 5.12 Å².